The van der Waals surface area contributed by atoms with Gasteiger partial charge in [0.15, 0.2) is 5.82 Å². The maximum atomic E-state index is 9.03. The molecule has 1 aromatic carbocycles. The summed E-state index contributed by atoms with van der Waals surface area (Å²) in [6.45, 7) is 3.00. The van der Waals surface area contributed by atoms with Gasteiger partial charge in [-0.3, -0.25) is 10.00 Å². The summed E-state index contributed by atoms with van der Waals surface area (Å²) in [6, 6.07) is 10.1. The molecule has 0 spiro atoms. The number of aromatic amines is 1. The van der Waals surface area contributed by atoms with E-state index in [0.717, 1.165) is 43.3 Å². The van der Waals surface area contributed by atoms with Crippen LogP contribution in [0.2, 0.25) is 0 Å². The molecule has 4 rings (SSSR count). The first kappa shape index (κ1) is 14.4. The molecule has 1 aliphatic carbocycles. The van der Waals surface area contributed by atoms with E-state index in [1.165, 1.54) is 24.8 Å². The van der Waals surface area contributed by atoms with Gasteiger partial charge in [0.1, 0.15) is 5.82 Å². The number of hydrogen-bond acceptors (Lipinski definition) is 4. The Morgan fingerprint density at radius 2 is 2.17 bits per heavy atom. The molecule has 1 N–H and O–H groups in total. The van der Waals surface area contributed by atoms with Crippen LogP contribution in [0.25, 0.3) is 0 Å². The number of nitrogens with zero attached hydrogens (tertiary/aromatic N) is 4. The van der Waals surface area contributed by atoms with Crippen molar-refractivity contribution in [3.8, 4) is 6.07 Å². The van der Waals surface area contributed by atoms with Crippen molar-refractivity contribution >= 4 is 0 Å². The zero-order valence-electron chi connectivity index (χ0n) is 13.2. The van der Waals surface area contributed by atoms with E-state index < -0.39 is 0 Å². The highest BCUT2D eigenvalue weighted by atomic mass is 15.2. The van der Waals surface area contributed by atoms with Crippen LogP contribution >= 0.6 is 0 Å². The van der Waals surface area contributed by atoms with E-state index in [4.69, 9.17) is 10.2 Å². The minimum absolute atomic E-state index is 0.423. The highest BCUT2D eigenvalue weighted by Crippen LogP contribution is 2.38. The van der Waals surface area contributed by atoms with Gasteiger partial charge in [-0.25, -0.2) is 4.98 Å². The summed E-state index contributed by atoms with van der Waals surface area (Å²) < 4.78 is 0. The molecule has 23 heavy (non-hydrogen) atoms. The third-order valence-corrected chi connectivity index (χ3v) is 4.82. The lowest BCUT2D eigenvalue weighted by atomic mass is 9.97. The van der Waals surface area contributed by atoms with Crippen LogP contribution < -0.4 is 0 Å². The van der Waals surface area contributed by atoms with Crippen molar-refractivity contribution in [1.82, 2.24) is 20.1 Å². The lowest BCUT2D eigenvalue weighted by Gasteiger charge is -2.31. The summed E-state index contributed by atoms with van der Waals surface area (Å²) in [5.41, 5.74) is 1.94. The first-order valence-corrected chi connectivity index (χ1v) is 8.45. The van der Waals surface area contributed by atoms with Crippen LogP contribution in [-0.4, -0.2) is 33.2 Å². The molecule has 118 valence electrons. The maximum Gasteiger partial charge on any atom is 0.155 e. The fourth-order valence-corrected chi connectivity index (χ4v) is 3.42. The number of nitriles is 1. The summed E-state index contributed by atoms with van der Waals surface area (Å²) in [7, 11) is 0. The number of benzene rings is 1. The van der Waals surface area contributed by atoms with Gasteiger partial charge < -0.3 is 0 Å². The summed E-state index contributed by atoms with van der Waals surface area (Å²) >= 11 is 0. The van der Waals surface area contributed by atoms with Crippen LogP contribution in [-0.2, 0) is 6.54 Å². The van der Waals surface area contributed by atoms with Gasteiger partial charge in [-0.05, 0) is 49.9 Å². The molecule has 2 fully saturated rings. The zero-order chi connectivity index (χ0) is 15.6. The van der Waals surface area contributed by atoms with Gasteiger partial charge in [0.25, 0.3) is 0 Å². The molecule has 0 unspecified atom stereocenters. The predicted molar refractivity (Wildman–Crippen MR) is 86.8 cm³/mol. The van der Waals surface area contributed by atoms with Gasteiger partial charge in [0.2, 0.25) is 0 Å². The second kappa shape index (κ2) is 6.13. The van der Waals surface area contributed by atoms with Gasteiger partial charge in [-0.15, -0.1) is 0 Å². The Bertz CT molecular complexity index is 725. The Hall–Kier alpha value is -2.19. The van der Waals surface area contributed by atoms with Crippen LogP contribution in [0.4, 0.5) is 0 Å². The molecule has 0 radical (unpaired) electrons. The second-order valence-corrected chi connectivity index (χ2v) is 6.74. The average Bonchev–Trinajstić information content (AvgIpc) is 3.32. The lowest BCUT2D eigenvalue weighted by Crippen LogP contribution is -2.34. The molecule has 1 atom stereocenters. The van der Waals surface area contributed by atoms with Crippen molar-refractivity contribution in [1.29, 1.82) is 5.26 Å². The van der Waals surface area contributed by atoms with Gasteiger partial charge in [0, 0.05) is 24.9 Å². The molecule has 2 aromatic rings. The van der Waals surface area contributed by atoms with E-state index in [0.29, 0.717) is 11.8 Å². The first-order valence-electron chi connectivity index (χ1n) is 8.45. The fourth-order valence-electron chi connectivity index (χ4n) is 3.42. The minimum atomic E-state index is 0.423. The molecule has 1 saturated carbocycles. The summed E-state index contributed by atoms with van der Waals surface area (Å²) in [4.78, 5) is 7.18. The van der Waals surface area contributed by atoms with Crippen molar-refractivity contribution in [3.05, 3.63) is 47.0 Å². The SMILES string of the molecule is N#Cc1cccc(CN2CCC[C@@H](c3n[nH]c(C4CC4)n3)C2)c1. The number of hydrogen-bond donors (Lipinski definition) is 1. The Morgan fingerprint density at radius 3 is 3.00 bits per heavy atom. The molecule has 1 aliphatic heterocycles. The largest absolute Gasteiger partial charge is 0.298 e. The summed E-state index contributed by atoms with van der Waals surface area (Å²) in [5, 5.41) is 16.6. The van der Waals surface area contributed by atoms with Crippen LogP contribution in [0.3, 0.4) is 0 Å². The number of rotatable bonds is 4. The van der Waals surface area contributed by atoms with E-state index in [-0.39, 0.29) is 0 Å². The van der Waals surface area contributed by atoms with Crippen LogP contribution in [0.5, 0.6) is 0 Å². The normalized spacial score (nSPS) is 22.0. The number of nitrogens with one attached hydrogen (secondary N) is 1. The smallest absolute Gasteiger partial charge is 0.155 e. The third kappa shape index (κ3) is 3.27. The van der Waals surface area contributed by atoms with Crippen LogP contribution in [0.1, 0.15) is 60.3 Å². The number of likely N-dealkylation sites (tertiary alicyclic amines) is 1. The van der Waals surface area contributed by atoms with Gasteiger partial charge >= 0.3 is 0 Å². The molecule has 0 bridgehead atoms. The van der Waals surface area contributed by atoms with Crippen LogP contribution in [0.15, 0.2) is 24.3 Å². The number of piperidine rings is 1. The first-order chi connectivity index (χ1) is 11.3. The lowest BCUT2D eigenvalue weighted by molar-refractivity contribution is 0.196. The molecular formula is C18H21N5. The van der Waals surface area contributed by atoms with E-state index in [1.54, 1.807) is 0 Å². The van der Waals surface area contributed by atoms with Crippen molar-refractivity contribution in [2.45, 2.75) is 44.1 Å². The Balaban J connectivity index is 1.42. The minimum Gasteiger partial charge on any atom is -0.298 e. The Kier molecular flexibility index (Phi) is 3.84. The topological polar surface area (TPSA) is 68.6 Å². The highest BCUT2D eigenvalue weighted by Gasteiger charge is 2.30. The zero-order valence-corrected chi connectivity index (χ0v) is 13.2. The summed E-state index contributed by atoms with van der Waals surface area (Å²) in [6.07, 6.45) is 4.84. The average molecular weight is 307 g/mol. The third-order valence-electron chi connectivity index (χ3n) is 4.82. The second-order valence-electron chi connectivity index (χ2n) is 6.74. The molecule has 2 aliphatic rings. The van der Waals surface area contributed by atoms with E-state index in [1.807, 2.05) is 18.2 Å². The standard InChI is InChI=1S/C18H21N5/c19-10-13-3-1-4-14(9-13)11-23-8-2-5-16(12-23)18-20-17(21-22-18)15-6-7-15/h1,3-4,9,15-16H,2,5-8,11-12H2,(H,20,21,22)/t16-/m1/s1. The van der Waals surface area contributed by atoms with Crippen molar-refractivity contribution in [2.24, 2.45) is 0 Å². The number of aromatic nitrogens is 3. The van der Waals surface area contributed by atoms with Crippen molar-refractivity contribution in [2.75, 3.05) is 13.1 Å². The summed E-state index contributed by atoms with van der Waals surface area (Å²) in [5.74, 6) is 3.12. The monoisotopic (exact) mass is 307 g/mol. The van der Waals surface area contributed by atoms with Crippen molar-refractivity contribution in [3.63, 3.8) is 0 Å². The number of H-pyrrole nitrogens is 1. The predicted octanol–water partition coefficient (Wildman–Crippen LogP) is 2.93. The van der Waals surface area contributed by atoms with Gasteiger partial charge in [-0.1, -0.05) is 12.1 Å². The molecule has 1 saturated heterocycles. The quantitative estimate of drug-likeness (QED) is 0.943. The van der Waals surface area contributed by atoms with E-state index >= 15 is 0 Å². The Morgan fingerprint density at radius 1 is 1.26 bits per heavy atom. The van der Waals surface area contributed by atoms with E-state index in [2.05, 4.69) is 27.2 Å². The van der Waals surface area contributed by atoms with Gasteiger partial charge in [0.05, 0.1) is 11.6 Å². The molecular weight excluding hydrogens is 286 g/mol. The Labute approximate surface area is 136 Å². The molecule has 5 nitrogen and oxygen atoms in total. The maximum absolute atomic E-state index is 9.03. The molecule has 2 heterocycles. The molecule has 0 amide bonds. The van der Waals surface area contributed by atoms with Gasteiger partial charge in [-0.2, -0.15) is 10.4 Å². The molecule has 5 heteroatoms. The van der Waals surface area contributed by atoms with Crippen LogP contribution in [0, 0.1) is 11.3 Å². The molecule has 1 aromatic heterocycles. The highest BCUT2D eigenvalue weighted by molar-refractivity contribution is 5.32. The van der Waals surface area contributed by atoms with Crippen molar-refractivity contribution < 1.29 is 0 Å². The van der Waals surface area contributed by atoms with E-state index in [9.17, 15) is 0 Å². The fraction of sp³-hybridized carbons (Fsp3) is 0.500.